The molecule has 0 amide bonds. The molecule has 14 heavy (non-hydrogen) atoms. The molecule has 0 fully saturated rings. The third-order valence-electron chi connectivity index (χ3n) is 2.21. The molecule has 1 aliphatic rings. The van der Waals surface area contributed by atoms with Gasteiger partial charge in [-0.05, 0) is 24.3 Å². The molecule has 1 N–H and O–H groups in total. The van der Waals surface area contributed by atoms with Gasteiger partial charge < -0.3 is 4.42 Å². The van der Waals surface area contributed by atoms with Crippen molar-refractivity contribution in [2.45, 2.75) is 0 Å². The van der Waals surface area contributed by atoms with Gasteiger partial charge >= 0.3 is 0 Å². The van der Waals surface area contributed by atoms with Gasteiger partial charge in [0.25, 0.3) is 0 Å². The van der Waals surface area contributed by atoms with Crippen molar-refractivity contribution in [1.82, 2.24) is 0 Å². The average molecular weight is 184 g/mol. The maximum absolute atomic E-state index is 5.64. The van der Waals surface area contributed by atoms with Crippen molar-refractivity contribution in [2.75, 3.05) is 5.43 Å². The fourth-order valence-electron chi connectivity index (χ4n) is 1.57. The molecule has 1 aromatic heterocycles. The van der Waals surface area contributed by atoms with Crippen LogP contribution in [0, 0.1) is 0 Å². The second-order valence-corrected chi connectivity index (χ2v) is 3.09. The summed E-state index contributed by atoms with van der Waals surface area (Å²) < 4.78 is 5.64. The molecule has 0 spiro atoms. The molecule has 0 atom stereocenters. The van der Waals surface area contributed by atoms with Crippen LogP contribution in [0.4, 0.5) is 5.69 Å². The molecule has 0 saturated heterocycles. The number of allylic oxidation sites excluding steroid dienone is 1. The first-order chi connectivity index (χ1) is 6.95. The van der Waals surface area contributed by atoms with E-state index < -0.39 is 0 Å². The van der Waals surface area contributed by atoms with E-state index in [-0.39, 0.29) is 0 Å². The maximum Gasteiger partial charge on any atom is 0.153 e. The highest BCUT2D eigenvalue weighted by atomic mass is 16.3. The van der Waals surface area contributed by atoms with Crippen LogP contribution in [0.15, 0.2) is 39.9 Å². The molecule has 1 aliphatic heterocycles. The lowest BCUT2D eigenvalue weighted by molar-refractivity contribution is 0.605. The van der Waals surface area contributed by atoms with Crippen LogP contribution in [-0.4, -0.2) is 6.21 Å². The van der Waals surface area contributed by atoms with Gasteiger partial charge in [-0.1, -0.05) is 12.1 Å². The number of nitrogens with zero attached hydrogens (tertiary/aromatic N) is 1. The van der Waals surface area contributed by atoms with E-state index in [2.05, 4.69) is 10.5 Å². The topological polar surface area (TPSA) is 37.5 Å². The Kier molecular flexibility index (Phi) is 1.44. The second kappa shape index (κ2) is 2.73. The number of hydrogen-bond donors (Lipinski definition) is 1. The summed E-state index contributed by atoms with van der Waals surface area (Å²) in [7, 11) is 0. The molecule has 1 aromatic carbocycles. The Hall–Kier alpha value is -2.03. The Morgan fingerprint density at radius 1 is 1.21 bits per heavy atom. The average Bonchev–Trinajstić information content (AvgIpc) is 2.42. The lowest BCUT2D eigenvalue weighted by Gasteiger charge is -1.94. The van der Waals surface area contributed by atoms with E-state index in [0.29, 0.717) is 0 Å². The zero-order chi connectivity index (χ0) is 9.38. The standard InChI is InChI=1S/C11H8N2O/c1-2-5-9-8(4-1)11-10(14-9)6-3-7-12-13-11/h1-7,13H. The lowest BCUT2D eigenvalue weighted by Crippen LogP contribution is -1.86. The van der Waals surface area contributed by atoms with Crippen LogP contribution in [0.1, 0.15) is 5.76 Å². The highest BCUT2D eigenvalue weighted by Gasteiger charge is 2.11. The molecular formula is C11H8N2O. The highest BCUT2D eigenvalue weighted by Crippen LogP contribution is 2.32. The summed E-state index contributed by atoms with van der Waals surface area (Å²) in [4.78, 5) is 0. The molecule has 3 nitrogen and oxygen atoms in total. The van der Waals surface area contributed by atoms with Crippen molar-refractivity contribution in [3.05, 3.63) is 36.1 Å². The van der Waals surface area contributed by atoms with Gasteiger partial charge in [-0.3, -0.25) is 5.43 Å². The number of anilines is 1. The van der Waals surface area contributed by atoms with Gasteiger partial charge in [-0.25, -0.2) is 0 Å². The lowest BCUT2D eigenvalue weighted by atomic mass is 10.2. The summed E-state index contributed by atoms with van der Waals surface area (Å²) in [5, 5.41) is 5.07. The Bertz CT molecular complexity index is 537. The molecule has 2 aromatic rings. The minimum Gasteiger partial charge on any atom is -0.454 e. The Labute approximate surface area is 80.7 Å². The quantitative estimate of drug-likeness (QED) is 0.683. The largest absolute Gasteiger partial charge is 0.454 e. The Morgan fingerprint density at radius 3 is 3.14 bits per heavy atom. The van der Waals surface area contributed by atoms with Gasteiger partial charge in [0.05, 0.1) is 0 Å². The predicted molar refractivity (Wildman–Crippen MR) is 57.4 cm³/mol. The molecule has 2 heterocycles. The molecule has 0 bridgehead atoms. The van der Waals surface area contributed by atoms with Crippen molar-refractivity contribution >= 4 is 28.9 Å². The van der Waals surface area contributed by atoms with Crippen molar-refractivity contribution in [3.63, 3.8) is 0 Å². The third-order valence-corrected chi connectivity index (χ3v) is 2.21. The first kappa shape index (κ1) is 7.38. The molecule has 0 saturated carbocycles. The number of fused-ring (bicyclic) bond motifs is 3. The smallest absolute Gasteiger partial charge is 0.153 e. The van der Waals surface area contributed by atoms with Crippen LogP contribution in [0.5, 0.6) is 0 Å². The molecule has 3 heteroatoms. The van der Waals surface area contributed by atoms with E-state index in [0.717, 1.165) is 22.4 Å². The summed E-state index contributed by atoms with van der Waals surface area (Å²) in [6, 6.07) is 7.90. The van der Waals surface area contributed by atoms with Gasteiger partial charge in [-0.2, -0.15) is 5.10 Å². The molecule has 0 unspecified atom stereocenters. The van der Waals surface area contributed by atoms with Crippen molar-refractivity contribution in [3.8, 4) is 0 Å². The second-order valence-electron chi connectivity index (χ2n) is 3.09. The Morgan fingerprint density at radius 2 is 2.14 bits per heavy atom. The number of hydrogen-bond acceptors (Lipinski definition) is 3. The van der Waals surface area contributed by atoms with Crippen LogP contribution in [0.2, 0.25) is 0 Å². The van der Waals surface area contributed by atoms with Crippen LogP contribution in [-0.2, 0) is 0 Å². The van der Waals surface area contributed by atoms with Crippen LogP contribution >= 0.6 is 0 Å². The number of rotatable bonds is 0. The highest BCUT2D eigenvalue weighted by molar-refractivity contribution is 5.97. The number of para-hydroxylation sites is 1. The van der Waals surface area contributed by atoms with E-state index in [4.69, 9.17) is 4.42 Å². The van der Waals surface area contributed by atoms with E-state index >= 15 is 0 Å². The van der Waals surface area contributed by atoms with Crippen molar-refractivity contribution in [1.29, 1.82) is 0 Å². The van der Waals surface area contributed by atoms with Gasteiger partial charge in [-0.15, -0.1) is 0 Å². The normalized spacial score (nSPS) is 13.7. The van der Waals surface area contributed by atoms with E-state index in [9.17, 15) is 0 Å². The van der Waals surface area contributed by atoms with Gasteiger partial charge in [0.1, 0.15) is 11.3 Å². The summed E-state index contributed by atoms with van der Waals surface area (Å²) >= 11 is 0. The first-order valence-corrected chi connectivity index (χ1v) is 4.42. The van der Waals surface area contributed by atoms with E-state index in [1.807, 2.05) is 36.4 Å². The SMILES string of the molecule is C1=Cc2oc3ccccc3c2NN=C1. The summed E-state index contributed by atoms with van der Waals surface area (Å²) in [6.45, 7) is 0. The van der Waals surface area contributed by atoms with Gasteiger partial charge in [0, 0.05) is 11.6 Å². The zero-order valence-electron chi connectivity index (χ0n) is 7.40. The third kappa shape index (κ3) is 0.956. The monoisotopic (exact) mass is 184 g/mol. The number of hydrazone groups is 1. The molecular weight excluding hydrogens is 176 g/mol. The summed E-state index contributed by atoms with van der Waals surface area (Å²) in [5.74, 6) is 0.823. The fraction of sp³-hybridized carbons (Fsp3) is 0. The molecule has 0 radical (unpaired) electrons. The first-order valence-electron chi connectivity index (χ1n) is 4.42. The number of benzene rings is 1. The molecule has 0 aliphatic carbocycles. The van der Waals surface area contributed by atoms with Crippen LogP contribution in [0.3, 0.4) is 0 Å². The summed E-state index contributed by atoms with van der Waals surface area (Å²) in [5.41, 5.74) is 4.78. The van der Waals surface area contributed by atoms with Crippen molar-refractivity contribution in [2.24, 2.45) is 5.10 Å². The number of furan rings is 1. The van der Waals surface area contributed by atoms with Crippen LogP contribution in [0.25, 0.3) is 17.0 Å². The molecule has 3 rings (SSSR count). The summed E-state index contributed by atoms with van der Waals surface area (Å²) in [6.07, 6.45) is 5.45. The van der Waals surface area contributed by atoms with Crippen LogP contribution < -0.4 is 5.43 Å². The van der Waals surface area contributed by atoms with Gasteiger partial charge in [0.15, 0.2) is 5.76 Å². The van der Waals surface area contributed by atoms with E-state index in [1.165, 1.54) is 0 Å². The van der Waals surface area contributed by atoms with E-state index in [1.54, 1.807) is 6.21 Å². The zero-order valence-corrected chi connectivity index (χ0v) is 7.40. The molecule has 68 valence electrons. The minimum atomic E-state index is 0.823. The van der Waals surface area contributed by atoms with Crippen molar-refractivity contribution < 1.29 is 4.42 Å². The number of nitrogens with one attached hydrogen (secondary N) is 1. The Balaban J connectivity index is 2.37. The maximum atomic E-state index is 5.64. The minimum absolute atomic E-state index is 0.823. The fourth-order valence-corrected chi connectivity index (χ4v) is 1.57. The predicted octanol–water partition coefficient (Wildman–Crippen LogP) is 2.86. The van der Waals surface area contributed by atoms with Gasteiger partial charge in [0.2, 0.25) is 0 Å².